The number of hydrogen-bond donors (Lipinski definition) is 1. The second-order valence-corrected chi connectivity index (χ2v) is 7.47. The summed E-state index contributed by atoms with van der Waals surface area (Å²) in [7, 11) is 0. The van der Waals surface area contributed by atoms with Crippen LogP contribution in [0.1, 0.15) is 36.4 Å². The first kappa shape index (κ1) is 17.5. The van der Waals surface area contributed by atoms with Crippen molar-refractivity contribution in [2.45, 2.75) is 31.7 Å². The van der Waals surface area contributed by atoms with Crippen molar-refractivity contribution in [3.05, 3.63) is 57.2 Å². The van der Waals surface area contributed by atoms with Gasteiger partial charge in [0.05, 0.1) is 6.04 Å². The molecule has 2 heterocycles. The van der Waals surface area contributed by atoms with Crippen LogP contribution in [-0.4, -0.2) is 30.4 Å². The maximum Gasteiger partial charge on any atom is 0.220 e. The van der Waals surface area contributed by atoms with Gasteiger partial charge in [0.15, 0.2) is 0 Å². The molecule has 0 radical (unpaired) electrons. The summed E-state index contributed by atoms with van der Waals surface area (Å²) in [6.45, 7) is 2.81. The van der Waals surface area contributed by atoms with Gasteiger partial charge in [-0.2, -0.15) is 11.3 Å². The Morgan fingerprint density at radius 3 is 2.83 bits per heavy atom. The Balaban J connectivity index is 1.58. The second-order valence-electron chi connectivity index (χ2n) is 6.25. The first-order valence-electron chi connectivity index (χ1n) is 8.49. The van der Waals surface area contributed by atoms with Gasteiger partial charge >= 0.3 is 0 Å². The fraction of sp³-hybridized carbons (Fsp3) is 0.421. The van der Waals surface area contributed by atoms with Crippen LogP contribution in [0.5, 0.6) is 0 Å². The molecule has 1 saturated heterocycles. The van der Waals surface area contributed by atoms with Crippen molar-refractivity contribution >= 4 is 28.8 Å². The highest BCUT2D eigenvalue weighted by Crippen LogP contribution is 2.26. The first-order valence-corrected chi connectivity index (χ1v) is 9.82. The molecule has 0 bridgehead atoms. The predicted molar refractivity (Wildman–Crippen MR) is 101 cm³/mol. The fourth-order valence-electron chi connectivity index (χ4n) is 3.22. The number of halogens is 1. The Labute approximate surface area is 152 Å². The third-order valence-corrected chi connectivity index (χ3v) is 5.50. The molecular weight excluding hydrogens is 340 g/mol. The van der Waals surface area contributed by atoms with E-state index in [0.29, 0.717) is 13.0 Å². The van der Waals surface area contributed by atoms with Crippen LogP contribution in [0.2, 0.25) is 5.02 Å². The van der Waals surface area contributed by atoms with E-state index in [-0.39, 0.29) is 11.9 Å². The normalized spacial score (nSPS) is 16.2. The zero-order valence-corrected chi connectivity index (χ0v) is 15.3. The van der Waals surface area contributed by atoms with Crippen LogP contribution in [0.15, 0.2) is 41.1 Å². The number of amides is 1. The van der Waals surface area contributed by atoms with Crippen LogP contribution in [0.25, 0.3) is 0 Å². The quantitative estimate of drug-likeness (QED) is 0.797. The van der Waals surface area contributed by atoms with E-state index in [1.807, 2.05) is 18.2 Å². The number of carbonyl (C=O) groups is 1. The molecule has 1 aliphatic heterocycles. The zero-order chi connectivity index (χ0) is 16.8. The van der Waals surface area contributed by atoms with Gasteiger partial charge in [-0.3, -0.25) is 9.69 Å². The highest BCUT2D eigenvalue weighted by molar-refractivity contribution is 7.07. The Morgan fingerprint density at radius 1 is 1.29 bits per heavy atom. The lowest BCUT2D eigenvalue weighted by atomic mass is 10.1. The number of nitrogens with zero attached hydrogens (tertiary/aromatic N) is 1. The summed E-state index contributed by atoms with van der Waals surface area (Å²) in [4.78, 5) is 14.7. The van der Waals surface area contributed by atoms with E-state index >= 15 is 0 Å². The van der Waals surface area contributed by atoms with Crippen LogP contribution < -0.4 is 5.32 Å². The lowest BCUT2D eigenvalue weighted by Crippen LogP contribution is -2.36. The van der Waals surface area contributed by atoms with E-state index in [1.165, 1.54) is 24.0 Å². The fourth-order valence-corrected chi connectivity index (χ4v) is 4.12. The summed E-state index contributed by atoms with van der Waals surface area (Å²) in [5.74, 6) is 0.118. The van der Waals surface area contributed by atoms with Crippen LogP contribution in [0.4, 0.5) is 0 Å². The smallest absolute Gasteiger partial charge is 0.220 e. The maximum absolute atomic E-state index is 12.2. The molecule has 24 heavy (non-hydrogen) atoms. The van der Waals surface area contributed by atoms with Crippen LogP contribution >= 0.6 is 22.9 Å². The molecule has 3 rings (SSSR count). The van der Waals surface area contributed by atoms with Crippen LogP contribution in [-0.2, 0) is 11.2 Å². The highest BCUT2D eigenvalue weighted by Gasteiger charge is 2.24. The molecule has 0 spiro atoms. The number of hydrogen-bond acceptors (Lipinski definition) is 3. The molecule has 2 aromatic rings. The number of thiophene rings is 1. The van der Waals surface area contributed by atoms with Crippen molar-refractivity contribution in [1.82, 2.24) is 10.2 Å². The average Bonchev–Trinajstić information content (AvgIpc) is 3.27. The lowest BCUT2D eigenvalue weighted by molar-refractivity contribution is -0.121. The third-order valence-electron chi connectivity index (χ3n) is 4.53. The standard InChI is InChI=1S/C19H23ClN2OS/c20-17-5-3-4-16(12-17)18(22-9-1-2-10-22)13-21-19(23)7-6-15-8-11-24-14-15/h3-5,8,11-12,14,18H,1-2,6-7,9-10,13H2,(H,21,23). The van der Waals surface area contributed by atoms with Crippen LogP contribution in [0.3, 0.4) is 0 Å². The Hall–Kier alpha value is -1.36. The van der Waals surface area contributed by atoms with Gasteiger partial charge < -0.3 is 5.32 Å². The summed E-state index contributed by atoms with van der Waals surface area (Å²) in [6.07, 6.45) is 3.80. The van der Waals surface area contributed by atoms with Gasteiger partial charge in [-0.1, -0.05) is 23.7 Å². The predicted octanol–water partition coefficient (Wildman–Crippen LogP) is 4.29. The molecule has 5 heteroatoms. The molecule has 128 valence electrons. The molecular formula is C19H23ClN2OS. The summed E-state index contributed by atoms with van der Waals surface area (Å²) < 4.78 is 0. The maximum atomic E-state index is 12.2. The van der Waals surface area contributed by atoms with E-state index in [4.69, 9.17) is 11.6 Å². The summed E-state index contributed by atoms with van der Waals surface area (Å²) in [5, 5.41) is 8.03. The molecule has 1 N–H and O–H groups in total. The van der Waals surface area contributed by atoms with Gasteiger partial charge in [-0.15, -0.1) is 0 Å². The minimum atomic E-state index is 0.118. The number of likely N-dealkylation sites (tertiary alicyclic amines) is 1. The van der Waals surface area contributed by atoms with Crippen molar-refractivity contribution in [2.75, 3.05) is 19.6 Å². The lowest BCUT2D eigenvalue weighted by Gasteiger charge is -2.28. The first-order chi connectivity index (χ1) is 11.7. The number of carbonyl (C=O) groups excluding carboxylic acids is 1. The van der Waals surface area contributed by atoms with E-state index in [1.54, 1.807) is 11.3 Å². The number of nitrogens with one attached hydrogen (secondary N) is 1. The molecule has 1 aliphatic rings. The monoisotopic (exact) mass is 362 g/mol. The largest absolute Gasteiger partial charge is 0.354 e. The summed E-state index contributed by atoms with van der Waals surface area (Å²) >= 11 is 7.83. The number of aryl methyl sites for hydroxylation is 1. The molecule has 1 unspecified atom stereocenters. The third kappa shape index (κ3) is 4.82. The van der Waals surface area contributed by atoms with Gasteiger partial charge in [0, 0.05) is 18.0 Å². The van der Waals surface area contributed by atoms with E-state index < -0.39 is 0 Å². The number of benzene rings is 1. The molecule has 1 aromatic heterocycles. The molecule has 3 nitrogen and oxygen atoms in total. The highest BCUT2D eigenvalue weighted by atomic mass is 35.5. The SMILES string of the molecule is O=C(CCc1ccsc1)NCC(c1cccc(Cl)c1)N1CCCC1. The Bertz CT molecular complexity index is 653. The zero-order valence-electron chi connectivity index (χ0n) is 13.7. The van der Waals surface area contributed by atoms with Gasteiger partial charge in [0.2, 0.25) is 5.91 Å². The minimum absolute atomic E-state index is 0.118. The van der Waals surface area contributed by atoms with Gasteiger partial charge in [-0.25, -0.2) is 0 Å². The second kappa shape index (κ2) is 8.65. The molecule has 0 saturated carbocycles. The average molecular weight is 363 g/mol. The summed E-state index contributed by atoms with van der Waals surface area (Å²) in [5.41, 5.74) is 2.42. The molecule has 1 fully saturated rings. The van der Waals surface area contributed by atoms with Crippen molar-refractivity contribution in [3.8, 4) is 0 Å². The van der Waals surface area contributed by atoms with Crippen molar-refractivity contribution < 1.29 is 4.79 Å². The Morgan fingerprint density at radius 2 is 2.12 bits per heavy atom. The molecule has 1 amide bonds. The van der Waals surface area contributed by atoms with Crippen molar-refractivity contribution in [2.24, 2.45) is 0 Å². The number of rotatable bonds is 7. The van der Waals surface area contributed by atoms with E-state index in [0.717, 1.165) is 24.5 Å². The molecule has 0 aliphatic carbocycles. The minimum Gasteiger partial charge on any atom is -0.354 e. The van der Waals surface area contributed by atoms with Gasteiger partial charge in [0.1, 0.15) is 0 Å². The van der Waals surface area contributed by atoms with E-state index in [2.05, 4.69) is 33.1 Å². The summed E-state index contributed by atoms with van der Waals surface area (Å²) in [6, 6.07) is 10.3. The van der Waals surface area contributed by atoms with E-state index in [9.17, 15) is 4.79 Å². The topological polar surface area (TPSA) is 32.3 Å². The van der Waals surface area contributed by atoms with Crippen molar-refractivity contribution in [1.29, 1.82) is 0 Å². The van der Waals surface area contributed by atoms with Gasteiger partial charge in [-0.05, 0) is 72.4 Å². The Kier molecular flexibility index (Phi) is 6.30. The molecule has 1 atom stereocenters. The molecule has 1 aromatic carbocycles. The van der Waals surface area contributed by atoms with Crippen LogP contribution in [0, 0.1) is 0 Å². The van der Waals surface area contributed by atoms with Gasteiger partial charge in [0.25, 0.3) is 0 Å². The van der Waals surface area contributed by atoms with Crippen molar-refractivity contribution in [3.63, 3.8) is 0 Å².